The Labute approximate surface area is 204 Å². The zero-order valence-electron chi connectivity index (χ0n) is 19.2. The molecule has 1 amide bonds. The number of carbonyl (C=O) groups excluding carboxylic acids is 1. The first kappa shape index (κ1) is 23.7. The van der Waals surface area contributed by atoms with Gasteiger partial charge in [0, 0.05) is 30.2 Å². The highest BCUT2D eigenvalue weighted by molar-refractivity contribution is 6.30. The van der Waals surface area contributed by atoms with Gasteiger partial charge in [-0.25, -0.2) is 9.07 Å². The molecule has 34 heavy (non-hydrogen) atoms. The molecule has 3 aromatic carbocycles. The summed E-state index contributed by atoms with van der Waals surface area (Å²) in [6, 6.07) is 25.0. The number of hydrogen-bond donors (Lipinski definition) is 0. The summed E-state index contributed by atoms with van der Waals surface area (Å²) in [5, 5.41) is 5.20. The summed E-state index contributed by atoms with van der Waals surface area (Å²) >= 11 is 6.08. The Kier molecular flexibility index (Phi) is 7.40. The minimum atomic E-state index is -0.393. The second-order valence-corrected chi connectivity index (χ2v) is 8.73. The van der Waals surface area contributed by atoms with Crippen molar-refractivity contribution >= 4 is 17.5 Å². The van der Waals surface area contributed by atoms with Crippen LogP contribution in [0.5, 0.6) is 0 Å². The van der Waals surface area contributed by atoms with Crippen molar-refractivity contribution in [1.82, 2.24) is 19.6 Å². The Morgan fingerprint density at radius 2 is 1.62 bits per heavy atom. The summed E-state index contributed by atoms with van der Waals surface area (Å²) in [5.41, 5.74) is 2.79. The van der Waals surface area contributed by atoms with Crippen molar-refractivity contribution in [3.8, 4) is 16.9 Å². The Morgan fingerprint density at radius 1 is 0.941 bits per heavy atom. The SMILES string of the molecule is CN(C)CCN(Cc1ccccc1)C(=O)c1cc(-c2ccccc2F)nn1-c1ccc(Cl)cc1. The first-order valence-corrected chi connectivity index (χ1v) is 11.4. The van der Waals surface area contributed by atoms with Gasteiger partial charge in [0.1, 0.15) is 11.5 Å². The lowest BCUT2D eigenvalue weighted by atomic mass is 10.1. The van der Waals surface area contributed by atoms with E-state index in [0.29, 0.717) is 47.3 Å². The van der Waals surface area contributed by atoms with E-state index in [-0.39, 0.29) is 5.91 Å². The van der Waals surface area contributed by atoms with Crippen LogP contribution in [0.2, 0.25) is 5.02 Å². The van der Waals surface area contributed by atoms with Gasteiger partial charge in [0.2, 0.25) is 0 Å². The first-order chi connectivity index (χ1) is 16.4. The highest BCUT2D eigenvalue weighted by Gasteiger charge is 2.24. The number of amides is 1. The van der Waals surface area contributed by atoms with Crippen LogP contribution < -0.4 is 0 Å². The van der Waals surface area contributed by atoms with Crippen LogP contribution in [0.1, 0.15) is 16.1 Å². The first-order valence-electron chi connectivity index (χ1n) is 11.0. The number of benzene rings is 3. The molecule has 0 N–H and O–H groups in total. The third-order valence-corrected chi connectivity index (χ3v) is 5.72. The molecule has 4 rings (SSSR count). The fourth-order valence-electron chi connectivity index (χ4n) is 3.65. The van der Waals surface area contributed by atoms with E-state index in [4.69, 9.17) is 11.6 Å². The van der Waals surface area contributed by atoms with E-state index in [9.17, 15) is 9.18 Å². The molecule has 0 aliphatic carbocycles. The van der Waals surface area contributed by atoms with Crippen LogP contribution in [0.25, 0.3) is 16.9 Å². The summed E-state index contributed by atoms with van der Waals surface area (Å²) in [4.78, 5) is 17.7. The lowest BCUT2D eigenvalue weighted by Gasteiger charge is -2.25. The molecule has 4 aromatic rings. The molecule has 0 unspecified atom stereocenters. The molecule has 0 spiro atoms. The van der Waals surface area contributed by atoms with Crippen LogP contribution in [0.4, 0.5) is 4.39 Å². The number of rotatable bonds is 8. The predicted octanol–water partition coefficient (Wildman–Crippen LogP) is 5.54. The normalized spacial score (nSPS) is 11.1. The molecule has 1 heterocycles. The number of aromatic nitrogens is 2. The number of hydrogen-bond acceptors (Lipinski definition) is 3. The smallest absolute Gasteiger partial charge is 0.272 e. The van der Waals surface area contributed by atoms with Gasteiger partial charge in [0.15, 0.2) is 0 Å². The average Bonchev–Trinajstić information content (AvgIpc) is 3.28. The van der Waals surface area contributed by atoms with Crippen LogP contribution in [-0.4, -0.2) is 52.7 Å². The third-order valence-electron chi connectivity index (χ3n) is 5.47. The molecule has 174 valence electrons. The summed E-state index contributed by atoms with van der Waals surface area (Å²) in [7, 11) is 3.94. The van der Waals surface area contributed by atoms with Gasteiger partial charge in [-0.05, 0) is 62.1 Å². The Hall–Kier alpha value is -3.48. The number of halogens is 2. The van der Waals surface area contributed by atoms with Gasteiger partial charge in [0.05, 0.1) is 11.4 Å². The Morgan fingerprint density at radius 3 is 2.29 bits per heavy atom. The van der Waals surface area contributed by atoms with Gasteiger partial charge in [-0.2, -0.15) is 5.10 Å². The van der Waals surface area contributed by atoms with Crippen LogP contribution >= 0.6 is 11.6 Å². The van der Waals surface area contributed by atoms with Crippen LogP contribution in [0, 0.1) is 5.82 Å². The second-order valence-electron chi connectivity index (χ2n) is 8.30. The monoisotopic (exact) mass is 476 g/mol. The lowest BCUT2D eigenvalue weighted by molar-refractivity contribution is 0.0722. The minimum absolute atomic E-state index is 0.184. The van der Waals surface area contributed by atoms with E-state index in [1.54, 1.807) is 58.1 Å². The molecule has 5 nitrogen and oxygen atoms in total. The van der Waals surface area contributed by atoms with Gasteiger partial charge in [-0.3, -0.25) is 4.79 Å². The second kappa shape index (κ2) is 10.6. The fraction of sp³-hybridized carbons (Fsp3) is 0.185. The van der Waals surface area contributed by atoms with Crippen molar-refractivity contribution in [2.24, 2.45) is 0 Å². The number of likely N-dealkylation sites (N-methyl/N-ethyl adjacent to an activating group) is 1. The van der Waals surface area contributed by atoms with Crippen LogP contribution in [0.15, 0.2) is 84.9 Å². The van der Waals surface area contributed by atoms with Gasteiger partial charge in [0.25, 0.3) is 5.91 Å². The molecule has 1 aromatic heterocycles. The molecule has 0 saturated heterocycles. The highest BCUT2D eigenvalue weighted by atomic mass is 35.5. The van der Waals surface area contributed by atoms with Gasteiger partial charge in [-0.15, -0.1) is 0 Å². The largest absolute Gasteiger partial charge is 0.332 e. The molecule has 7 heteroatoms. The lowest BCUT2D eigenvalue weighted by Crippen LogP contribution is -2.37. The number of nitrogens with zero attached hydrogens (tertiary/aromatic N) is 4. The molecule has 0 aliphatic heterocycles. The maximum absolute atomic E-state index is 14.6. The molecule has 0 aliphatic rings. The van der Waals surface area contributed by atoms with E-state index >= 15 is 0 Å². The van der Waals surface area contributed by atoms with Gasteiger partial charge >= 0.3 is 0 Å². The van der Waals surface area contributed by atoms with E-state index < -0.39 is 5.82 Å². The quantitative estimate of drug-likeness (QED) is 0.335. The van der Waals surface area contributed by atoms with Crippen LogP contribution in [-0.2, 0) is 6.54 Å². The van der Waals surface area contributed by atoms with E-state index in [1.807, 2.05) is 49.3 Å². The average molecular weight is 477 g/mol. The summed E-state index contributed by atoms with van der Waals surface area (Å²) < 4.78 is 16.1. The molecule has 0 bridgehead atoms. The van der Waals surface area contributed by atoms with E-state index in [2.05, 4.69) is 5.10 Å². The topological polar surface area (TPSA) is 41.4 Å². The summed E-state index contributed by atoms with van der Waals surface area (Å²) in [6.07, 6.45) is 0. The minimum Gasteiger partial charge on any atom is -0.332 e. The molecular formula is C27H26ClFN4O. The summed E-state index contributed by atoms with van der Waals surface area (Å²) in [6.45, 7) is 1.68. The van der Waals surface area contributed by atoms with Crippen molar-refractivity contribution < 1.29 is 9.18 Å². The maximum Gasteiger partial charge on any atom is 0.272 e. The predicted molar refractivity (Wildman–Crippen MR) is 134 cm³/mol. The molecule has 0 saturated carbocycles. The standard InChI is InChI=1S/C27H26ClFN4O/c1-31(2)16-17-32(19-20-8-4-3-5-9-20)27(34)26-18-25(23-10-6-7-11-24(23)29)30-33(26)22-14-12-21(28)13-15-22/h3-15,18H,16-17,19H2,1-2H3. The molecule has 0 atom stereocenters. The van der Waals surface area contributed by atoms with Crippen molar-refractivity contribution in [3.05, 3.63) is 107 Å². The number of carbonyl (C=O) groups is 1. The van der Waals surface area contributed by atoms with Gasteiger partial charge < -0.3 is 9.80 Å². The third kappa shape index (κ3) is 5.53. The zero-order valence-corrected chi connectivity index (χ0v) is 19.9. The maximum atomic E-state index is 14.6. The summed E-state index contributed by atoms with van der Waals surface area (Å²) in [5.74, 6) is -0.577. The van der Waals surface area contributed by atoms with Crippen LogP contribution in [0.3, 0.4) is 0 Å². The van der Waals surface area contributed by atoms with E-state index in [0.717, 1.165) is 5.56 Å². The molecule has 0 fully saturated rings. The Bertz CT molecular complexity index is 1260. The van der Waals surface area contributed by atoms with Crippen molar-refractivity contribution in [3.63, 3.8) is 0 Å². The fourth-order valence-corrected chi connectivity index (χ4v) is 3.78. The van der Waals surface area contributed by atoms with Crippen molar-refractivity contribution in [2.45, 2.75) is 6.54 Å². The molecular weight excluding hydrogens is 451 g/mol. The Balaban J connectivity index is 1.78. The van der Waals surface area contributed by atoms with Gasteiger partial charge in [-0.1, -0.05) is 54.1 Å². The zero-order chi connectivity index (χ0) is 24.1. The van der Waals surface area contributed by atoms with Crippen molar-refractivity contribution in [1.29, 1.82) is 0 Å². The highest BCUT2D eigenvalue weighted by Crippen LogP contribution is 2.26. The van der Waals surface area contributed by atoms with E-state index in [1.165, 1.54) is 6.07 Å². The van der Waals surface area contributed by atoms with Crippen molar-refractivity contribution in [2.75, 3.05) is 27.2 Å². The molecule has 0 radical (unpaired) electrons.